The van der Waals surface area contributed by atoms with Crippen LogP contribution in [0.2, 0.25) is 5.02 Å². The minimum absolute atomic E-state index is 0.0440. The number of hydrogen-bond acceptors (Lipinski definition) is 4. The van der Waals surface area contributed by atoms with Crippen molar-refractivity contribution in [2.75, 3.05) is 6.61 Å². The molecule has 4 nitrogen and oxygen atoms in total. The third kappa shape index (κ3) is 4.77. The van der Waals surface area contributed by atoms with Crippen LogP contribution in [0.3, 0.4) is 0 Å². The lowest BCUT2D eigenvalue weighted by atomic mass is 9.93. The van der Waals surface area contributed by atoms with Crippen LogP contribution in [0.4, 0.5) is 0 Å². The molecule has 0 saturated carbocycles. The number of aliphatic hydroxyl groups excluding tert-OH is 1. The fraction of sp³-hybridized carbons (Fsp3) is 0.375. The molecule has 1 aromatic carbocycles. The fourth-order valence-corrected chi connectivity index (χ4v) is 2.18. The van der Waals surface area contributed by atoms with Crippen LogP contribution in [0.1, 0.15) is 23.9 Å². The molecule has 1 aromatic heterocycles. The van der Waals surface area contributed by atoms with Gasteiger partial charge in [-0.1, -0.05) is 23.7 Å². The minimum atomic E-state index is -0.404. The Balaban J connectivity index is 1.99. The van der Waals surface area contributed by atoms with Crippen LogP contribution in [0.15, 0.2) is 36.7 Å². The second kappa shape index (κ2) is 6.98. The van der Waals surface area contributed by atoms with Gasteiger partial charge in [-0.2, -0.15) is 0 Å². The van der Waals surface area contributed by atoms with Gasteiger partial charge in [-0.05, 0) is 38.0 Å². The van der Waals surface area contributed by atoms with Gasteiger partial charge in [0.05, 0.1) is 6.61 Å². The molecule has 0 aliphatic rings. The van der Waals surface area contributed by atoms with E-state index in [4.69, 9.17) is 11.6 Å². The molecular weight excluding hydrogens is 286 g/mol. The molecule has 0 aliphatic carbocycles. The van der Waals surface area contributed by atoms with Crippen LogP contribution in [0, 0.1) is 6.92 Å². The molecular formula is C16H20ClN3O. The minimum Gasteiger partial charge on any atom is -0.394 e. The Bertz CT molecular complexity index is 571. The second-order valence-corrected chi connectivity index (χ2v) is 5.95. The summed E-state index contributed by atoms with van der Waals surface area (Å²) in [5, 5.41) is 13.8. The van der Waals surface area contributed by atoms with Gasteiger partial charge in [-0.15, -0.1) is 0 Å². The quantitative estimate of drug-likeness (QED) is 0.861. The lowest BCUT2D eigenvalue weighted by Crippen LogP contribution is -2.47. The highest BCUT2D eigenvalue weighted by atomic mass is 35.5. The lowest BCUT2D eigenvalue weighted by molar-refractivity contribution is 0.172. The molecule has 0 spiro atoms. The molecule has 0 saturated heterocycles. The van der Waals surface area contributed by atoms with Gasteiger partial charge in [0, 0.05) is 35.1 Å². The van der Waals surface area contributed by atoms with Crippen molar-refractivity contribution < 1.29 is 5.11 Å². The number of benzene rings is 1. The molecule has 0 bridgehead atoms. The van der Waals surface area contributed by atoms with Gasteiger partial charge in [-0.3, -0.25) is 0 Å². The van der Waals surface area contributed by atoms with E-state index in [-0.39, 0.29) is 6.61 Å². The zero-order valence-corrected chi connectivity index (χ0v) is 13.1. The Morgan fingerprint density at radius 1 is 1.14 bits per heavy atom. The Kier molecular flexibility index (Phi) is 5.28. The van der Waals surface area contributed by atoms with Crippen LogP contribution >= 0.6 is 11.6 Å². The summed E-state index contributed by atoms with van der Waals surface area (Å²) in [5.74, 6) is 0.754. The molecule has 5 heteroatoms. The summed E-state index contributed by atoms with van der Waals surface area (Å²) < 4.78 is 0. The molecule has 112 valence electrons. The van der Waals surface area contributed by atoms with E-state index in [0.29, 0.717) is 18.0 Å². The third-order valence-corrected chi connectivity index (χ3v) is 3.66. The Morgan fingerprint density at radius 2 is 1.76 bits per heavy atom. The molecule has 2 rings (SSSR count). The second-order valence-electron chi connectivity index (χ2n) is 5.51. The third-order valence-electron chi connectivity index (χ3n) is 3.41. The van der Waals surface area contributed by atoms with E-state index in [0.717, 1.165) is 17.0 Å². The number of hydrogen-bond donors (Lipinski definition) is 2. The number of halogens is 1. The average molecular weight is 306 g/mol. The summed E-state index contributed by atoms with van der Waals surface area (Å²) in [6, 6.07) is 7.69. The van der Waals surface area contributed by atoms with Crippen molar-refractivity contribution in [3.8, 4) is 0 Å². The largest absolute Gasteiger partial charge is 0.394 e. The molecule has 1 heterocycles. The van der Waals surface area contributed by atoms with Crippen molar-refractivity contribution in [1.82, 2.24) is 15.3 Å². The fourth-order valence-electron chi connectivity index (χ4n) is 2.05. The number of nitrogens with zero attached hydrogens (tertiary/aromatic N) is 2. The van der Waals surface area contributed by atoms with Crippen molar-refractivity contribution in [2.24, 2.45) is 0 Å². The molecule has 1 unspecified atom stereocenters. The topological polar surface area (TPSA) is 58.0 Å². The standard InChI is InChI=1S/C16H20ClN3O/c1-12-18-8-14(9-19-12)10-20-16(2,11-21)7-13-3-5-15(17)6-4-13/h3-6,8-9,20-21H,7,10-11H2,1-2H3. The molecule has 2 N–H and O–H groups in total. The maximum Gasteiger partial charge on any atom is 0.125 e. The van der Waals surface area contributed by atoms with E-state index in [2.05, 4.69) is 15.3 Å². The van der Waals surface area contributed by atoms with Crippen LogP contribution in [-0.4, -0.2) is 27.2 Å². The van der Waals surface area contributed by atoms with E-state index < -0.39 is 5.54 Å². The molecule has 0 fully saturated rings. The van der Waals surface area contributed by atoms with E-state index in [1.54, 1.807) is 12.4 Å². The molecule has 1 atom stereocenters. The van der Waals surface area contributed by atoms with Crippen molar-refractivity contribution in [3.63, 3.8) is 0 Å². The Hall–Kier alpha value is -1.49. The van der Waals surface area contributed by atoms with Crippen LogP contribution in [0.5, 0.6) is 0 Å². The van der Waals surface area contributed by atoms with Crippen molar-refractivity contribution in [1.29, 1.82) is 0 Å². The SMILES string of the molecule is Cc1ncc(CNC(C)(CO)Cc2ccc(Cl)cc2)cn1. The molecule has 0 radical (unpaired) electrons. The number of aliphatic hydroxyl groups is 1. The predicted octanol–water partition coefficient (Wildman–Crippen LogP) is 2.52. The van der Waals surface area contributed by atoms with Crippen LogP contribution < -0.4 is 5.32 Å². The number of rotatable bonds is 6. The van der Waals surface area contributed by atoms with Gasteiger partial charge in [0.25, 0.3) is 0 Å². The predicted molar refractivity (Wildman–Crippen MR) is 84.3 cm³/mol. The monoisotopic (exact) mass is 305 g/mol. The first-order valence-electron chi connectivity index (χ1n) is 6.89. The van der Waals surface area contributed by atoms with Crippen molar-refractivity contribution >= 4 is 11.6 Å². The summed E-state index contributed by atoms with van der Waals surface area (Å²) in [6.45, 7) is 4.51. The summed E-state index contributed by atoms with van der Waals surface area (Å²) in [4.78, 5) is 8.34. The highest BCUT2D eigenvalue weighted by Crippen LogP contribution is 2.16. The van der Waals surface area contributed by atoms with Crippen molar-refractivity contribution in [2.45, 2.75) is 32.4 Å². The maximum atomic E-state index is 9.70. The normalized spacial score (nSPS) is 13.9. The van der Waals surface area contributed by atoms with Gasteiger partial charge in [0.15, 0.2) is 0 Å². The molecule has 0 amide bonds. The first kappa shape index (κ1) is 15.9. The summed E-state index contributed by atoms with van der Waals surface area (Å²) >= 11 is 5.89. The average Bonchev–Trinajstić information content (AvgIpc) is 2.49. The van der Waals surface area contributed by atoms with E-state index in [1.165, 1.54) is 0 Å². The molecule has 2 aromatic rings. The summed E-state index contributed by atoms with van der Waals surface area (Å²) in [5.41, 5.74) is 1.72. The van der Waals surface area contributed by atoms with Crippen LogP contribution in [-0.2, 0) is 13.0 Å². The first-order valence-corrected chi connectivity index (χ1v) is 7.26. The van der Waals surface area contributed by atoms with Gasteiger partial charge < -0.3 is 10.4 Å². The highest BCUT2D eigenvalue weighted by molar-refractivity contribution is 6.30. The summed E-state index contributed by atoms with van der Waals surface area (Å²) in [7, 11) is 0. The Morgan fingerprint density at radius 3 is 2.33 bits per heavy atom. The molecule has 0 aliphatic heterocycles. The van der Waals surface area contributed by atoms with Gasteiger partial charge >= 0.3 is 0 Å². The van der Waals surface area contributed by atoms with Gasteiger partial charge in [0.2, 0.25) is 0 Å². The molecule has 21 heavy (non-hydrogen) atoms. The number of aryl methyl sites for hydroxylation is 1. The smallest absolute Gasteiger partial charge is 0.125 e. The highest BCUT2D eigenvalue weighted by Gasteiger charge is 2.23. The Labute approximate surface area is 130 Å². The van der Waals surface area contributed by atoms with Gasteiger partial charge in [0.1, 0.15) is 5.82 Å². The zero-order valence-electron chi connectivity index (χ0n) is 12.3. The first-order chi connectivity index (χ1) is 10.0. The van der Waals surface area contributed by atoms with E-state index in [9.17, 15) is 5.11 Å². The zero-order chi connectivity index (χ0) is 15.3. The number of nitrogens with one attached hydrogen (secondary N) is 1. The number of aromatic nitrogens is 2. The maximum absolute atomic E-state index is 9.70. The lowest BCUT2D eigenvalue weighted by Gasteiger charge is -2.29. The summed E-state index contributed by atoms with van der Waals surface area (Å²) in [6.07, 6.45) is 4.32. The van der Waals surface area contributed by atoms with Crippen LogP contribution in [0.25, 0.3) is 0 Å². The van der Waals surface area contributed by atoms with Gasteiger partial charge in [-0.25, -0.2) is 9.97 Å². The van der Waals surface area contributed by atoms with E-state index >= 15 is 0 Å². The van der Waals surface area contributed by atoms with E-state index in [1.807, 2.05) is 38.1 Å². The van der Waals surface area contributed by atoms with Crippen molar-refractivity contribution in [3.05, 3.63) is 58.6 Å².